The smallest absolute Gasteiger partial charge is 0.261 e. The van der Waals surface area contributed by atoms with Crippen molar-refractivity contribution in [2.24, 2.45) is 17.8 Å². The number of benzene rings is 1. The van der Waals surface area contributed by atoms with Gasteiger partial charge in [0, 0.05) is 12.6 Å². The van der Waals surface area contributed by atoms with Crippen LogP contribution in [0.4, 0.5) is 0 Å². The summed E-state index contributed by atoms with van der Waals surface area (Å²) in [5, 5.41) is 3.36. The van der Waals surface area contributed by atoms with E-state index in [0.29, 0.717) is 46.7 Å². The molecule has 2 aliphatic rings. The molecular formula is C20H23N3O4. The fourth-order valence-electron chi connectivity index (χ4n) is 4.18. The quantitative estimate of drug-likeness (QED) is 0.785. The zero-order valence-corrected chi connectivity index (χ0v) is 15.5. The highest BCUT2D eigenvalue weighted by Gasteiger charge is 2.35. The number of methoxy groups -OCH3 is 2. The first kappa shape index (κ1) is 17.6. The third-order valence-corrected chi connectivity index (χ3v) is 5.62. The van der Waals surface area contributed by atoms with Gasteiger partial charge in [0.05, 0.1) is 31.4 Å². The van der Waals surface area contributed by atoms with Gasteiger partial charge in [0.25, 0.3) is 5.56 Å². The van der Waals surface area contributed by atoms with Gasteiger partial charge in [-0.2, -0.15) is 0 Å². The first-order valence-corrected chi connectivity index (χ1v) is 9.15. The maximum absolute atomic E-state index is 12.7. The van der Waals surface area contributed by atoms with Crippen molar-refractivity contribution in [2.75, 3.05) is 20.8 Å². The molecule has 4 rings (SSSR count). The van der Waals surface area contributed by atoms with Crippen molar-refractivity contribution in [2.45, 2.75) is 19.4 Å². The van der Waals surface area contributed by atoms with Gasteiger partial charge in [-0.25, -0.2) is 4.98 Å². The number of nitrogens with zero attached hydrogens (tertiary/aromatic N) is 2. The molecular weight excluding hydrogens is 346 g/mol. The summed E-state index contributed by atoms with van der Waals surface area (Å²) in [6.07, 6.45) is 8.30. The van der Waals surface area contributed by atoms with Crippen LogP contribution in [0.5, 0.6) is 11.5 Å². The standard InChI is InChI=1S/C20H23N3O4/c1-26-17-7-15-16(8-18(17)27-2)22-11-23(20(15)25)10-19(24)21-9-14-6-12-3-4-13(14)5-12/h3-4,7-8,11-14H,5-6,9-10H2,1-2H3,(H,21,24)/t12-,13+,14-/m0/s1. The molecule has 1 fully saturated rings. The van der Waals surface area contributed by atoms with Gasteiger partial charge < -0.3 is 14.8 Å². The number of nitrogens with one attached hydrogen (secondary N) is 1. The average molecular weight is 369 g/mol. The number of hydrogen-bond acceptors (Lipinski definition) is 5. The van der Waals surface area contributed by atoms with Gasteiger partial charge in [-0.1, -0.05) is 12.2 Å². The molecule has 7 heteroatoms. The molecule has 2 aromatic rings. The van der Waals surface area contributed by atoms with Crippen LogP contribution in [0.1, 0.15) is 12.8 Å². The van der Waals surface area contributed by atoms with Crippen LogP contribution in [0.15, 0.2) is 35.4 Å². The minimum absolute atomic E-state index is 0.0488. The van der Waals surface area contributed by atoms with Crippen LogP contribution in [-0.4, -0.2) is 36.2 Å². The van der Waals surface area contributed by atoms with Gasteiger partial charge in [-0.15, -0.1) is 0 Å². The predicted octanol–water partition coefficient (Wildman–Crippen LogP) is 1.74. The summed E-state index contributed by atoms with van der Waals surface area (Å²) >= 11 is 0. The van der Waals surface area contributed by atoms with Crippen LogP contribution in [0.2, 0.25) is 0 Å². The van der Waals surface area contributed by atoms with Gasteiger partial charge >= 0.3 is 0 Å². The highest BCUT2D eigenvalue weighted by Crippen LogP contribution is 2.42. The summed E-state index contributed by atoms with van der Waals surface area (Å²) in [5.41, 5.74) is 0.224. The number of carbonyl (C=O) groups excluding carboxylic acids is 1. The average Bonchev–Trinajstić information content (AvgIpc) is 3.31. The molecule has 1 aromatic carbocycles. The summed E-state index contributed by atoms with van der Waals surface area (Å²) in [5.74, 6) is 2.55. The minimum atomic E-state index is -0.279. The lowest BCUT2D eigenvalue weighted by Gasteiger charge is -2.18. The summed E-state index contributed by atoms with van der Waals surface area (Å²) in [6, 6.07) is 3.25. The lowest BCUT2D eigenvalue weighted by molar-refractivity contribution is -0.121. The van der Waals surface area contributed by atoms with Crippen molar-refractivity contribution < 1.29 is 14.3 Å². The van der Waals surface area contributed by atoms with Crippen molar-refractivity contribution in [1.82, 2.24) is 14.9 Å². The Hall–Kier alpha value is -2.83. The number of aromatic nitrogens is 2. The van der Waals surface area contributed by atoms with Gasteiger partial charge in [-0.3, -0.25) is 14.2 Å². The van der Waals surface area contributed by atoms with E-state index in [1.54, 1.807) is 12.1 Å². The maximum Gasteiger partial charge on any atom is 0.261 e. The molecule has 0 unspecified atom stereocenters. The van der Waals surface area contributed by atoms with E-state index in [-0.39, 0.29) is 18.0 Å². The maximum atomic E-state index is 12.7. The van der Waals surface area contributed by atoms with Crippen LogP contribution >= 0.6 is 0 Å². The Labute approximate surface area is 157 Å². The number of hydrogen-bond donors (Lipinski definition) is 1. The number of rotatable bonds is 6. The Kier molecular flexibility index (Phi) is 4.59. The van der Waals surface area contributed by atoms with Crippen molar-refractivity contribution in [3.8, 4) is 11.5 Å². The van der Waals surface area contributed by atoms with Crippen LogP contribution in [-0.2, 0) is 11.3 Å². The predicted molar refractivity (Wildman–Crippen MR) is 101 cm³/mol. The monoisotopic (exact) mass is 369 g/mol. The Morgan fingerprint density at radius 3 is 2.67 bits per heavy atom. The second-order valence-electron chi connectivity index (χ2n) is 7.25. The molecule has 1 heterocycles. The number of allylic oxidation sites excluding steroid dienone is 2. The molecule has 2 aliphatic carbocycles. The fourth-order valence-corrected chi connectivity index (χ4v) is 4.18. The van der Waals surface area contributed by atoms with Gasteiger partial charge in [-0.05, 0) is 36.7 Å². The molecule has 2 bridgehead atoms. The van der Waals surface area contributed by atoms with E-state index < -0.39 is 0 Å². The van der Waals surface area contributed by atoms with Crippen LogP contribution < -0.4 is 20.3 Å². The third kappa shape index (κ3) is 3.29. The summed E-state index contributed by atoms with van der Waals surface area (Å²) < 4.78 is 11.8. The normalized spacial score (nSPS) is 23.0. The van der Waals surface area contributed by atoms with Crippen LogP contribution in [0.3, 0.4) is 0 Å². The molecule has 0 saturated heterocycles. The molecule has 0 spiro atoms. The SMILES string of the molecule is COc1cc2ncn(CC(=O)NC[C@@H]3C[C@H]4C=C[C@@H]3C4)c(=O)c2cc1OC. The summed E-state index contributed by atoms with van der Waals surface area (Å²) in [7, 11) is 3.04. The van der Waals surface area contributed by atoms with E-state index in [1.807, 2.05) is 0 Å². The Bertz CT molecular complexity index is 966. The second-order valence-corrected chi connectivity index (χ2v) is 7.25. The fraction of sp³-hybridized carbons (Fsp3) is 0.450. The number of fused-ring (bicyclic) bond motifs is 3. The van der Waals surface area contributed by atoms with Crippen LogP contribution in [0.25, 0.3) is 10.9 Å². The zero-order valence-electron chi connectivity index (χ0n) is 15.5. The highest BCUT2D eigenvalue weighted by atomic mass is 16.5. The van der Waals surface area contributed by atoms with E-state index in [0.717, 1.165) is 6.42 Å². The number of carbonyl (C=O) groups is 1. The first-order valence-electron chi connectivity index (χ1n) is 9.15. The van der Waals surface area contributed by atoms with E-state index in [1.165, 1.54) is 31.5 Å². The topological polar surface area (TPSA) is 82.5 Å². The minimum Gasteiger partial charge on any atom is -0.493 e. The van der Waals surface area contributed by atoms with E-state index in [9.17, 15) is 9.59 Å². The summed E-state index contributed by atoms with van der Waals surface area (Å²) in [4.78, 5) is 29.3. The van der Waals surface area contributed by atoms with Gasteiger partial charge in [0.15, 0.2) is 11.5 Å². The molecule has 0 radical (unpaired) electrons. The summed E-state index contributed by atoms with van der Waals surface area (Å²) in [6.45, 7) is 0.609. The molecule has 1 amide bonds. The number of amides is 1. The van der Waals surface area contributed by atoms with Crippen molar-refractivity contribution in [1.29, 1.82) is 0 Å². The van der Waals surface area contributed by atoms with E-state index in [4.69, 9.17) is 9.47 Å². The largest absolute Gasteiger partial charge is 0.493 e. The van der Waals surface area contributed by atoms with Gasteiger partial charge in [0.1, 0.15) is 6.54 Å². The lowest BCUT2D eigenvalue weighted by Crippen LogP contribution is -2.36. The molecule has 27 heavy (non-hydrogen) atoms. The molecule has 0 aliphatic heterocycles. The van der Waals surface area contributed by atoms with E-state index >= 15 is 0 Å². The van der Waals surface area contributed by atoms with Gasteiger partial charge in [0.2, 0.25) is 5.91 Å². The van der Waals surface area contributed by atoms with Crippen molar-refractivity contribution in [3.63, 3.8) is 0 Å². The Morgan fingerprint density at radius 1 is 1.22 bits per heavy atom. The van der Waals surface area contributed by atoms with E-state index in [2.05, 4.69) is 22.5 Å². The molecule has 1 aromatic heterocycles. The molecule has 1 saturated carbocycles. The lowest BCUT2D eigenvalue weighted by atomic mass is 9.94. The Balaban J connectivity index is 1.48. The second kappa shape index (κ2) is 7.06. The first-order chi connectivity index (χ1) is 13.1. The highest BCUT2D eigenvalue weighted by molar-refractivity contribution is 5.82. The molecule has 142 valence electrons. The van der Waals surface area contributed by atoms with Crippen molar-refractivity contribution in [3.05, 3.63) is 41.0 Å². The molecule has 7 nitrogen and oxygen atoms in total. The van der Waals surface area contributed by atoms with Crippen LogP contribution in [0, 0.1) is 17.8 Å². The van der Waals surface area contributed by atoms with Crippen molar-refractivity contribution >= 4 is 16.8 Å². The molecule has 3 atom stereocenters. The zero-order chi connectivity index (χ0) is 19.0. The Morgan fingerprint density at radius 2 is 2.00 bits per heavy atom. The number of ether oxygens (including phenoxy) is 2. The molecule has 1 N–H and O–H groups in total. The third-order valence-electron chi connectivity index (χ3n) is 5.62.